The topological polar surface area (TPSA) is 21.6 Å². The molecule has 48 valence electrons. The van der Waals surface area contributed by atoms with E-state index in [1.807, 2.05) is 13.1 Å². The first kappa shape index (κ1) is 7.63. The van der Waals surface area contributed by atoms with Crippen LogP contribution in [-0.4, -0.2) is 26.5 Å². The van der Waals surface area contributed by atoms with Gasteiger partial charge in [0.2, 0.25) is 0 Å². The SMILES string of the molecule is CC=NCCCOC. The van der Waals surface area contributed by atoms with Crippen molar-refractivity contribution in [2.45, 2.75) is 13.3 Å². The normalized spacial score (nSPS) is 10.8. The van der Waals surface area contributed by atoms with Crippen molar-refractivity contribution in [3.05, 3.63) is 0 Å². The maximum atomic E-state index is 4.81. The lowest BCUT2D eigenvalue weighted by atomic mass is 10.5. The van der Waals surface area contributed by atoms with E-state index in [9.17, 15) is 0 Å². The van der Waals surface area contributed by atoms with Gasteiger partial charge in [0.15, 0.2) is 0 Å². The van der Waals surface area contributed by atoms with E-state index in [0.717, 1.165) is 19.6 Å². The van der Waals surface area contributed by atoms with Crippen LogP contribution in [-0.2, 0) is 4.74 Å². The van der Waals surface area contributed by atoms with Crippen LogP contribution in [0.2, 0.25) is 0 Å². The van der Waals surface area contributed by atoms with E-state index in [2.05, 4.69) is 4.99 Å². The van der Waals surface area contributed by atoms with Gasteiger partial charge in [0, 0.05) is 20.3 Å². The average Bonchev–Trinajstić information content (AvgIpc) is 1.81. The van der Waals surface area contributed by atoms with Crippen molar-refractivity contribution in [1.82, 2.24) is 0 Å². The van der Waals surface area contributed by atoms with Crippen molar-refractivity contribution >= 4 is 6.21 Å². The summed E-state index contributed by atoms with van der Waals surface area (Å²) in [4.78, 5) is 4.00. The predicted molar refractivity (Wildman–Crippen MR) is 35.5 cm³/mol. The molecule has 0 aliphatic carbocycles. The lowest BCUT2D eigenvalue weighted by molar-refractivity contribution is 0.197. The lowest BCUT2D eigenvalue weighted by Crippen LogP contribution is -1.90. The van der Waals surface area contributed by atoms with Gasteiger partial charge in [-0.15, -0.1) is 0 Å². The van der Waals surface area contributed by atoms with Gasteiger partial charge < -0.3 is 4.74 Å². The maximum Gasteiger partial charge on any atom is 0.0479 e. The molecule has 0 atom stereocenters. The Balaban J connectivity index is 2.72. The molecule has 0 rings (SSSR count). The fourth-order valence-electron chi connectivity index (χ4n) is 0.429. The van der Waals surface area contributed by atoms with Crippen LogP contribution in [0.25, 0.3) is 0 Å². The molecule has 8 heavy (non-hydrogen) atoms. The third-order valence-corrected chi connectivity index (χ3v) is 0.818. The van der Waals surface area contributed by atoms with Crippen LogP contribution in [0.5, 0.6) is 0 Å². The van der Waals surface area contributed by atoms with E-state index in [1.165, 1.54) is 0 Å². The number of rotatable bonds is 4. The van der Waals surface area contributed by atoms with E-state index < -0.39 is 0 Å². The molecule has 0 aromatic heterocycles. The summed E-state index contributed by atoms with van der Waals surface area (Å²) in [5.74, 6) is 0. The molecule has 0 aromatic rings. The van der Waals surface area contributed by atoms with E-state index in [0.29, 0.717) is 0 Å². The molecule has 0 aliphatic heterocycles. The first-order chi connectivity index (χ1) is 3.91. The van der Waals surface area contributed by atoms with Crippen molar-refractivity contribution in [2.75, 3.05) is 20.3 Å². The van der Waals surface area contributed by atoms with Gasteiger partial charge in [-0.3, -0.25) is 4.99 Å². The molecule has 0 amide bonds. The summed E-state index contributed by atoms with van der Waals surface area (Å²) in [6.07, 6.45) is 2.84. The van der Waals surface area contributed by atoms with Gasteiger partial charge in [-0.25, -0.2) is 0 Å². The van der Waals surface area contributed by atoms with Gasteiger partial charge in [-0.1, -0.05) is 0 Å². The van der Waals surface area contributed by atoms with Gasteiger partial charge in [0.05, 0.1) is 0 Å². The molecule has 2 nitrogen and oxygen atoms in total. The van der Waals surface area contributed by atoms with E-state index in [4.69, 9.17) is 4.74 Å². The molecule has 0 aromatic carbocycles. The van der Waals surface area contributed by atoms with Crippen molar-refractivity contribution in [1.29, 1.82) is 0 Å². The third kappa shape index (κ3) is 5.63. The van der Waals surface area contributed by atoms with Crippen LogP contribution in [0, 0.1) is 0 Å². The van der Waals surface area contributed by atoms with Gasteiger partial charge in [0.25, 0.3) is 0 Å². The minimum atomic E-state index is 0.817. The lowest BCUT2D eigenvalue weighted by Gasteiger charge is -1.91. The van der Waals surface area contributed by atoms with Crippen LogP contribution in [0.1, 0.15) is 13.3 Å². The molecular formula is C6H13NO. The Labute approximate surface area is 50.6 Å². The monoisotopic (exact) mass is 115 g/mol. The van der Waals surface area contributed by atoms with Gasteiger partial charge in [-0.05, 0) is 19.6 Å². The van der Waals surface area contributed by atoms with Crippen LogP contribution in [0.15, 0.2) is 4.99 Å². The molecule has 0 heterocycles. The molecular weight excluding hydrogens is 102 g/mol. The third-order valence-electron chi connectivity index (χ3n) is 0.818. The highest BCUT2D eigenvalue weighted by atomic mass is 16.5. The van der Waals surface area contributed by atoms with Gasteiger partial charge in [-0.2, -0.15) is 0 Å². The summed E-state index contributed by atoms with van der Waals surface area (Å²) in [6, 6.07) is 0. The minimum absolute atomic E-state index is 0.817. The van der Waals surface area contributed by atoms with E-state index in [-0.39, 0.29) is 0 Å². The van der Waals surface area contributed by atoms with Crippen molar-refractivity contribution in [3.63, 3.8) is 0 Å². The fourth-order valence-corrected chi connectivity index (χ4v) is 0.429. The highest BCUT2D eigenvalue weighted by molar-refractivity contribution is 5.53. The zero-order chi connectivity index (χ0) is 6.24. The Morgan fingerprint density at radius 1 is 1.62 bits per heavy atom. The molecule has 2 heteroatoms. The standard InChI is InChI=1S/C6H13NO/c1-3-7-5-4-6-8-2/h3H,4-6H2,1-2H3. The zero-order valence-electron chi connectivity index (χ0n) is 5.55. The predicted octanol–water partition coefficient (Wildman–Crippen LogP) is 1.11. The van der Waals surface area contributed by atoms with Crippen LogP contribution < -0.4 is 0 Å². The highest BCUT2D eigenvalue weighted by Gasteiger charge is 1.78. The van der Waals surface area contributed by atoms with Gasteiger partial charge >= 0.3 is 0 Å². The fraction of sp³-hybridized carbons (Fsp3) is 0.833. The summed E-state index contributed by atoms with van der Waals surface area (Å²) in [5.41, 5.74) is 0. The number of ether oxygens (including phenoxy) is 1. The summed E-state index contributed by atoms with van der Waals surface area (Å²) >= 11 is 0. The van der Waals surface area contributed by atoms with Crippen molar-refractivity contribution in [2.24, 2.45) is 4.99 Å². The van der Waals surface area contributed by atoms with Crippen LogP contribution in [0.3, 0.4) is 0 Å². The zero-order valence-corrected chi connectivity index (χ0v) is 5.55. The minimum Gasteiger partial charge on any atom is -0.385 e. The Bertz CT molecular complexity index is 61.5. The molecule has 0 saturated carbocycles. The Kier molecular flexibility index (Phi) is 6.32. The largest absolute Gasteiger partial charge is 0.385 e. The summed E-state index contributed by atoms with van der Waals surface area (Å²) < 4.78 is 4.81. The first-order valence-corrected chi connectivity index (χ1v) is 2.85. The molecule has 0 fully saturated rings. The first-order valence-electron chi connectivity index (χ1n) is 2.85. The molecule has 0 N–H and O–H groups in total. The molecule has 0 unspecified atom stereocenters. The second-order valence-electron chi connectivity index (χ2n) is 1.51. The van der Waals surface area contributed by atoms with Crippen molar-refractivity contribution in [3.8, 4) is 0 Å². The average molecular weight is 115 g/mol. The van der Waals surface area contributed by atoms with E-state index in [1.54, 1.807) is 7.11 Å². The highest BCUT2D eigenvalue weighted by Crippen LogP contribution is 1.79. The number of hydrogen-bond donors (Lipinski definition) is 0. The molecule has 0 radical (unpaired) electrons. The molecule has 0 spiro atoms. The number of aliphatic imine (C=N–C) groups is 1. The molecule has 0 aliphatic rings. The Morgan fingerprint density at radius 2 is 2.38 bits per heavy atom. The number of hydrogen-bond acceptors (Lipinski definition) is 2. The van der Waals surface area contributed by atoms with Crippen LogP contribution >= 0.6 is 0 Å². The number of nitrogens with zero attached hydrogens (tertiary/aromatic N) is 1. The molecule has 0 bridgehead atoms. The quantitative estimate of drug-likeness (QED) is 0.397. The maximum absolute atomic E-state index is 4.81. The van der Waals surface area contributed by atoms with Crippen molar-refractivity contribution < 1.29 is 4.74 Å². The van der Waals surface area contributed by atoms with Gasteiger partial charge in [0.1, 0.15) is 0 Å². The summed E-state index contributed by atoms with van der Waals surface area (Å²) in [7, 11) is 1.70. The molecule has 0 saturated heterocycles. The summed E-state index contributed by atoms with van der Waals surface area (Å²) in [5, 5.41) is 0. The Morgan fingerprint density at radius 3 is 2.88 bits per heavy atom. The smallest absolute Gasteiger partial charge is 0.0479 e. The number of methoxy groups -OCH3 is 1. The Hall–Kier alpha value is -0.370. The second kappa shape index (κ2) is 6.63. The second-order valence-corrected chi connectivity index (χ2v) is 1.51. The van der Waals surface area contributed by atoms with Crippen LogP contribution in [0.4, 0.5) is 0 Å². The van der Waals surface area contributed by atoms with E-state index >= 15 is 0 Å². The summed E-state index contributed by atoms with van der Waals surface area (Å²) in [6.45, 7) is 3.63.